The maximum absolute atomic E-state index is 11.2. The molecule has 0 aliphatic carbocycles. The third kappa shape index (κ3) is 4.12. The summed E-state index contributed by atoms with van der Waals surface area (Å²) in [6.45, 7) is 10.7. The Morgan fingerprint density at radius 1 is 1.50 bits per heavy atom. The molecule has 0 saturated heterocycles. The number of hydrogen-bond acceptors (Lipinski definition) is 3. The molecule has 0 amide bonds. The molecule has 3 heteroatoms. The Labute approximate surface area is 86.0 Å². The van der Waals surface area contributed by atoms with Crippen molar-refractivity contribution in [3.8, 4) is 0 Å². The predicted octanol–water partition coefficient (Wildman–Crippen LogP) is 1.96. The lowest BCUT2D eigenvalue weighted by Crippen LogP contribution is -2.16. The fourth-order valence-electron chi connectivity index (χ4n) is 0.894. The highest BCUT2D eigenvalue weighted by atomic mass is 16.5. The van der Waals surface area contributed by atoms with Gasteiger partial charge in [0.05, 0.1) is 12.2 Å². The van der Waals surface area contributed by atoms with Gasteiger partial charge in [-0.05, 0) is 26.8 Å². The maximum Gasteiger partial charge on any atom is 0.337 e. The molecule has 0 aromatic heterocycles. The maximum atomic E-state index is 11.2. The Kier molecular flexibility index (Phi) is 5.68. The van der Waals surface area contributed by atoms with Crippen LogP contribution < -0.4 is 0 Å². The third-order valence-corrected chi connectivity index (χ3v) is 2.00. The normalized spacial score (nSPS) is 11.0. The van der Waals surface area contributed by atoms with Crippen LogP contribution in [0, 0.1) is 0 Å². The first-order valence-corrected chi connectivity index (χ1v) is 4.78. The molecule has 0 aromatic carbocycles. The Balaban J connectivity index is 4.35. The van der Waals surface area contributed by atoms with E-state index in [0.717, 1.165) is 12.2 Å². The number of allylic oxidation sites excluding steroid dienone is 1. The molecular weight excluding hydrogens is 178 g/mol. The van der Waals surface area contributed by atoms with E-state index in [2.05, 4.69) is 6.58 Å². The van der Waals surface area contributed by atoms with Crippen LogP contribution in [0.3, 0.4) is 0 Å². The van der Waals surface area contributed by atoms with Crippen molar-refractivity contribution in [1.29, 1.82) is 0 Å². The van der Waals surface area contributed by atoms with Gasteiger partial charge in [-0.1, -0.05) is 6.58 Å². The minimum Gasteiger partial charge on any atom is -0.462 e. The first kappa shape index (κ1) is 12.8. The van der Waals surface area contributed by atoms with E-state index in [0.29, 0.717) is 12.2 Å². The summed E-state index contributed by atoms with van der Waals surface area (Å²) in [5.41, 5.74) is 1.40. The Morgan fingerprint density at radius 2 is 2.07 bits per heavy atom. The average molecular weight is 197 g/mol. The molecule has 0 atom stereocenters. The highest BCUT2D eigenvalue weighted by Crippen LogP contribution is 2.05. The van der Waals surface area contributed by atoms with E-state index >= 15 is 0 Å². The quantitative estimate of drug-likeness (QED) is 0.383. The molecule has 0 unspecified atom stereocenters. The smallest absolute Gasteiger partial charge is 0.337 e. The SMILES string of the molecule is C=C(/C=C(/C)N(C)CC)C(=O)OCC. The largest absolute Gasteiger partial charge is 0.462 e. The molecule has 0 spiro atoms. The molecule has 0 bridgehead atoms. The predicted molar refractivity (Wildman–Crippen MR) is 57.8 cm³/mol. The zero-order valence-electron chi connectivity index (χ0n) is 9.46. The second-order valence-electron chi connectivity index (χ2n) is 3.05. The second kappa shape index (κ2) is 6.24. The fourth-order valence-corrected chi connectivity index (χ4v) is 0.894. The second-order valence-corrected chi connectivity index (χ2v) is 3.05. The molecule has 0 aromatic rings. The van der Waals surface area contributed by atoms with Gasteiger partial charge in [0, 0.05) is 19.3 Å². The summed E-state index contributed by atoms with van der Waals surface area (Å²) >= 11 is 0. The molecule has 0 radical (unpaired) electrons. The van der Waals surface area contributed by atoms with Crippen LogP contribution in [0.4, 0.5) is 0 Å². The summed E-state index contributed by atoms with van der Waals surface area (Å²) in [6.07, 6.45) is 1.74. The average Bonchev–Trinajstić information content (AvgIpc) is 2.16. The van der Waals surface area contributed by atoms with Gasteiger partial charge in [0.1, 0.15) is 0 Å². The van der Waals surface area contributed by atoms with E-state index in [-0.39, 0.29) is 5.97 Å². The Bertz CT molecular complexity index is 244. The summed E-state index contributed by atoms with van der Waals surface area (Å²) in [5.74, 6) is -0.351. The highest BCUT2D eigenvalue weighted by molar-refractivity contribution is 5.90. The summed E-state index contributed by atoms with van der Waals surface area (Å²) in [4.78, 5) is 13.2. The molecule has 3 nitrogen and oxygen atoms in total. The van der Waals surface area contributed by atoms with Gasteiger partial charge in [-0.25, -0.2) is 4.79 Å². The van der Waals surface area contributed by atoms with Crippen LogP contribution in [0.2, 0.25) is 0 Å². The van der Waals surface area contributed by atoms with Crippen LogP contribution in [-0.4, -0.2) is 31.1 Å². The van der Waals surface area contributed by atoms with Crippen molar-refractivity contribution >= 4 is 5.97 Å². The fraction of sp³-hybridized carbons (Fsp3) is 0.545. The lowest BCUT2D eigenvalue weighted by Gasteiger charge is -2.17. The lowest BCUT2D eigenvalue weighted by molar-refractivity contribution is -0.138. The van der Waals surface area contributed by atoms with Gasteiger partial charge in [-0.2, -0.15) is 0 Å². The summed E-state index contributed by atoms with van der Waals surface area (Å²) in [6, 6.07) is 0. The molecule has 0 heterocycles. The van der Waals surface area contributed by atoms with Crippen molar-refractivity contribution in [2.45, 2.75) is 20.8 Å². The minimum atomic E-state index is -0.351. The van der Waals surface area contributed by atoms with Crippen molar-refractivity contribution in [3.63, 3.8) is 0 Å². The van der Waals surface area contributed by atoms with Crippen molar-refractivity contribution in [1.82, 2.24) is 4.90 Å². The van der Waals surface area contributed by atoms with Gasteiger partial charge in [0.25, 0.3) is 0 Å². The van der Waals surface area contributed by atoms with Crippen LogP contribution in [0.1, 0.15) is 20.8 Å². The Hall–Kier alpha value is -1.25. The van der Waals surface area contributed by atoms with Crippen LogP contribution in [0.25, 0.3) is 0 Å². The topological polar surface area (TPSA) is 29.5 Å². The zero-order valence-corrected chi connectivity index (χ0v) is 9.46. The van der Waals surface area contributed by atoms with Gasteiger partial charge in [-0.3, -0.25) is 0 Å². The number of carbonyl (C=O) groups is 1. The van der Waals surface area contributed by atoms with Gasteiger partial charge >= 0.3 is 5.97 Å². The monoisotopic (exact) mass is 197 g/mol. The van der Waals surface area contributed by atoms with Gasteiger partial charge in [0.15, 0.2) is 0 Å². The molecule has 0 aliphatic rings. The number of nitrogens with zero attached hydrogens (tertiary/aromatic N) is 1. The number of carbonyl (C=O) groups excluding carboxylic acids is 1. The van der Waals surface area contributed by atoms with E-state index in [1.807, 2.05) is 25.8 Å². The minimum absolute atomic E-state index is 0.351. The van der Waals surface area contributed by atoms with Crippen molar-refractivity contribution in [2.75, 3.05) is 20.2 Å². The first-order chi connectivity index (χ1) is 6.52. The van der Waals surface area contributed by atoms with Crippen molar-refractivity contribution in [2.24, 2.45) is 0 Å². The highest BCUT2D eigenvalue weighted by Gasteiger charge is 2.05. The van der Waals surface area contributed by atoms with E-state index in [4.69, 9.17) is 4.74 Å². The lowest BCUT2D eigenvalue weighted by atomic mass is 10.2. The van der Waals surface area contributed by atoms with Crippen LogP contribution in [-0.2, 0) is 9.53 Å². The molecule has 0 N–H and O–H groups in total. The Morgan fingerprint density at radius 3 is 2.50 bits per heavy atom. The molecule has 0 fully saturated rings. The number of hydrogen-bond donors (Lipinski definition) is 0. The number of rotatable bonds is 5. The molecular formula is C11H19NO2. The third-order valence-electron chi connectivity index (χ3n) is 2.00. The number of ether oxygens (including phenoxy) is 1. The van der Waals surface area contributed by atoms with E-state index in [1.165, 1.54) is 0 Å². The van der Waals surface area contributed by atoms with E-state index in [1.54, 1.807) is 13.0 Å². The molecule has 0 saturated carbocycles. The van der Waals surface area contributed by atoms with E-state index in [9.17, 15) is 4.79 Å². The van der Waals surface area contributed by atoms with Crippen LogP contribution >= 0.6 is 0 Å². The van der Waals surface area contributed by atoms with Gasteiger partial charge in [-0.15, -0.1) is 0 Å². The molecule has 14 heavy (non-hydrogen) atoms. The zero-order chi connectivity index (χ0) is 11.1. The molecule has 0 rings (SSSR count). The summed E-state index contributed by atoms with van der Waals surface area (Å²) in [5, 5.41) is 0. The van der Waals surface area contributed by atoms with Crippen molar-refractivity contribution in [3.05, 3.63) is 23.9 Å². The molecule has 0 aliphatic heterocycles. The van der Waals surface area contributed by atoms with Gasteiger partial charge < -0.3 is 9.64 Å². The van der Waals surface area contributed by atoms with Crippen molar-refractivity contribution < 1.29 is 9.53 Å². The first-order valence-electron chi connectivity index (χ1n) is 4.78. The standard InChI is InChI=1S/C11H19NO2/c1-6-12(5)10(4)8-9(3)11(13)14-7-2/h8H,3,6-7H2,1-2,4-5H3/b10-8-. The number of esters is 1. The van der Waals surface area contributed by atoms with E-state index < -0.39 is 0 Å². The van der Waals surface area contributed by atoms with Gasteiger partial charge in [0.2, 0.25) is 0 Å². The summed E-state index contributed by atoms with van der Waals surface area (Å²) in [7, 11) is 1.96. The van der Waals surface area contributed by atoms with Crippen LogP contribution in [0.15, 0.2) is 23.9 Å². The van der Waals surface area contributed by atoms with Crippen LogP contribution in [0.5, 0.6) is 0 Å². The summed E-state index contributed by atoms with van der Waals surface area (Å²) < 4.78 is 4.82. The molecule has 80 valence electrons.